The Bertz CT molecular complexity index is 1250. The van der Waals surface area contributed by atoms with Crippen molar-refractivity contribution in [2.24, 2.45) is 0 Å². The largest absolute Gasteiger partial charge is 0.494 e. The molecule has 34 heavy (non-hydrogen) atoms. The van der Waals surface area contributed by atoms with Gasteiger partial charge in [-0.15, -0.1) is 0 Å². The summed E-state index contributed by atoms with van der Waals surface area (Å²) in [4.78, 5) is 38.6. The summed E-state index contributed by atoms with van der Waals surface area (Å²) in [6, 6.07) is 18.4. The third-order valence-electron chi connectivity index (χ3n) is 4.99. The van der Waals surface area contributed by atoms with Crippen LogP contribution in [0, 0.1) is 5.82 Å². The highest BCUT2D eigenvalue weighted by Gasteiger charge is 2.36. The molecule has 0 aliphatic carbocycles. The third-order valence-corrected chi connectivity index (χ3v) is 4.99. The van der Waals surface area contributed by atoms with E-state index >= 15 is 0 Å². The van der Waals surface area contributed by atoms with Gasteiger partial charge >= 0.3 is 6.03 Å². The van der Waals surface area contributed by atoms with Crippen molar-refractivity contribution in [2.75, 3.05) is 11.5 Å². The Hall–Kier alpha value is -4.46. The Morgan fingerprint density at radius 1 is 0.912 bits per heavy atom. The number of urea groups is 1. The molecule has 0 bridgehead atoms. The maximum atomic E-state index is 13.3. The minimum Gasteiger partial charge on any atom is -0.494 e. The van der Waals surface area contributed by atoms with Crippen LogP contribution in [-0.2, 0) is 16.2 Å². The van der Waals surface area contributed by atoms with Crippen molar-refractivity contribution < 1.29 is 28.2 Å². The van der Waals surface area contributed by atoms with Crippen LogP contribution in [0.15, 0.2) is 78.4 Å². The number of nitrogens with one attached hydrogen (secondary N) is 1. The van der Waals surface area contributed by atoms with Crippen LogP contribution in [0.25, 0.3) is 6.08 Å². The fourth-order valence-corrected chi connectivity index (χ4v) is 3.37. The molecule has 1 saturated heterocycles. The highest BCUT2D eigenvalue weighted by molar-refractivity contribution is 6.39. The van der Waals surface area contributed by atoms with E-state index < -0.39 is 17.8 Å². The van der Waals surface area contributed by atoms with Crippen LogP contribution in [-0.4, -0.2) is 24.5 Å². The van der Waals surface area contributed by atoms with Crippen molar-refractivity contribution in [3.8, 4) is 11.5 Å². The monoisotopic (exact) mass is 460 g/mol. The molecule has 4 amide bonds. The van der Waals surface area contributed by atoms with Gasteiger partial charge in [0.1, 0.15) is 29.5 Å². The molecule has 1 aliphatic heterocycles. The minimum atomic E-state index is -0.822. The van der Waals surface area contributed by atoms with Crippen LogP contribution in [0.1, 0.15) is 18.1 Å². The van der Waals surface area contributed by atoms with Crippen molar-refractivity contribution >= 4 is 29.6 Å². The number of rotatable bonds is 7. The Labute approximate surface area is 195 Å². The molecular weight excluding hydrogens is 439 g/mol. The van der Waals surface area contributed by atoms with E-state index in [1.54, 1.807) is 60.7 Å². The predicted molar refractivity (Wildman–Crippen MR) is 124 cm³/mol. The molecule has 4 rings (SSSR count). The smallest absolute Gasteiger partial charge is 0.335 e. The molecule has 0 spiro atoms. The molecule has 0 unspecified atom stereocenters. The summed E-state index contributed by atoms with van der Waals surface area (Å²) in [7, 11) is 0. The highest BCUT2D eigenvalue weighted by atomic mass is 19.1. The maximum Gasteiger partial charge on any atom is 0.335 e. The van der Waals surface area contributed by atoms with Crippen LogP contribution in [0.2, 0.25) is 0 Å². The van der Waals surface area contributed by atoms with Crippen LogP contribution in [0.5, 0.6) is 11.5 Å². The molecule has 0 aromatic heterocycles. The number of halogens is 1. The van der Waals surface area contributed by atoms with Gasteiger partial charge in [0.15, 0.2) is 0 Å². The molecule has 1 heterocycles. The van der Waals surface area contributed by atoms with Crippen LogP contribution in [0.3, 0.4) is 0 Å². The first kappa shape index (κ1) is 22.7. The van der Waals surface area contributed by atoms with Crippen molar-refractivity contribution in [2.45, 2.75) is 13.5 Å². The summed E-state index contributed by atoms with van der Waals surface area (Å²) < 4.78 is 24.3. The minimum absolute atomic E-state index is 0.179. The SMILES string of the molecule is CCOc1ccc(N2C(=O)NC(=O)C(=Cc3ccc(OCc4cccc(F)c4)cc3)C2=O)cc1. The zero-order valence-electron chi connectivity index (χ0n) is 18.3. The average molecular weight is 460 g/mol. The van der Waals surface area contributed by atoms with Gasteiger partial charge in [0.2, 0.25) is 0 Å². The second kappa shape index (κ2) is 9.99. The van der Waals surface area contributed by atoms with Crippen LogP contribution < -0.4 is 19.7 Å². The van der Waals surface area contributed by atoms with E-state index in [4.69, 9.17) is 9.47 Å². The number of hydrogen-bond donors (Lipinski definition) is 1. The summed E-state index contributed by atoms with van der Waals surface area (Å²) in [6.07, 6.45) is 1.40. The quantitative estimate of drug-likeness (QED) is 0.415. The topological polar surface area (TPSA) is 84.9 Å². The lowest BCUT2D eigenvalue weighted by molar-refractivity contribution is -0.122. The number of nitrogens with zero attached hydrogens (tertiary/aromatic N) is 1. The van der Waals surface area contributed by atoms with E-state index in [1.807, 2.05) is 6.92 Å². The Morgan fingerprint density at radius 3 is 2.26 bits per heavy atom. The fraction of sp³-hybridized carbons (Fsp3) is 0.115. The first-order valence-electron chi connectivity index (χ1n) is 10.6. The molecule has 3 aromatic carbocycles. The van der Waals surface area contributed by atoms with Gasteiger partial charge in [-0.25, -0.2) is 14.1 Å². The first-order chi connectivity index (χ1) is 16.4. The van der Waals surface area contributed by atoms with E-state index in [9.17, 15) is 18.8 Å². The van der Waals surface area contributed by atoms with E-state index in [0.29, 0.717) is 34.9 Å². The molecule has 1 N–H and O–H groups in total. The molecular formula is C26H21FN2O5. The molecule has 0 atom stereocenters. The van der Waals surface area contributed by atoms with Gasteiger partial charge in [-0.3, -0.25) is 14.9 Å². The third kappa shape index (κ3) is 5.12. The average Bonchev–Trinajstić information content (AvgIpc) is 2.82. The zero-order valence-corrected chi connectivity index (χ0v) is 18.3. The number of ether oxygens (including phenoxy) is 2. The Morgan fingerprint density at radius 2 is 1.59 bits per heavy atom. The van der Waals surface area contributed by atoms with Gasteiger partial charge in [-0.05, 0) is 72.7 Å². The van der Waals surface area contributed by atoms with Gasteiger partial charge in [0.05, 0.1) is 12.3 Å². The van der Waals surface area contributed by atoms with E-state index in [2.05, 4.69) is 5.32 Å². The second-order valence-electron chi connectivity index (χ2n) is 7.37. The van der Waals surface area contributed by atoms with Crippen molar-refractivity contribution in [1.82, 2.24) is 5.32 Å². The lowest BCUT2D eigenvalue weighted by Crippen LogP contribution is -2.54. The van der Waals surface area contributed by atoms with E-state index in [-0.39, 0.29) is 18.0 Å². The summed E-state index contributed by atoms with van der Waals surface area (Å²) in [5.74, 6) is -0.705. The number of anilines is 1. The lowest BCUT2D eigenvalue weighted by Gasteiger charge is -2.26. The maximum absolute atomic E-state index is 13.3. The summed E-state index contributed by atoms with van der Waals surface area (Å²) in [5.41, 5.74) is 1.39. The summed E-state index contributed by atoms with van der Waals surface area (Å²) >= 11 is 0. The standard InChI is InChI=1S/C26H21FN2O5/c1-2-33-21-12-8-20(9-13-21)29-25(31)23(24(30)28-26(29)32)15-17-6-10-22(11-7-17)34-16-18-4-3-5-19(27)14-18/h3-15H,2,16H2,1H3,(H,28,30,32). The zero-order chi connectivity index (χ0) is 24.1. The Kier molecular flexibility index (Phi) is 6.68. The molecule has 1 aliphatic rings. The second-order valence-corrected chi connectivity index (χ2v) is 7.37. The number of carbonyl (C=O) groups is 3. The van der Waals surface area contributed by atoms with Gasteiger partial charge < -0.3 is 9.47 Å². The van der Waals surface area contributed by atoms with E-state index in [1.165, 1.54) is 18.2 Å². The van der Waals surface area contributed by atoms with Gasteiger partial charge in [-0.2, -0.15) is 0 Å². The van der Waals surface area contributed by atoms with Crippen LogP contribution in [0.4, 0.5) is 14.9 Å². The van der Waals surface area contributed by atoms with Gasteiger partial charge in [0.25, 0.3) is 11.8 Å². The number of imide groups is 2. The normalized spacial score (nSPS) is 14.8. The molecule has 1 fully saturated rings. The van der Waals surface area contributed by atoms with E-state index in [0.717, 1.165) is 4.90 Å². The van der Waals surface area contributed by atoms with Gasteiger partial charge in [0, 0.05) is 0 Å². The number of amides is 4. The number of hydrogen-bond acceptors (Lipinski definition) is 5. The number of benzene rings is 3. The number of carbonyl (C=O) groups excluding carboxylic acids is 3. The summed E-state index contributed by atoms with van der Waals surface area (Å²) in [5, 5.41) is 2.20. The van der Waals surface area contributed by atoms with Crippen molar-refractivity contribution in [3.05, 3.63) is 95.3 Å². The van der Waals surface area contributed by atoms with Crippen molar-refractivity contribution in [1.29, 1.82) is 0 Å². The van der Waals surface area contributed by atoms with Crippen LogP contribution >= 0.6 is 0 Å². The fourth-order valence-electron chi connectivity index (χ4n) is 3.37. The Balaban J connectivity index is 1.50. The molecule has 0 saturated carbocycles. The lowest BCUT2D eigenvalue weighted by atomic mass is 10.1. The molecule has 3 aromatic rings. The summed E-state index contributed by atoms with van der Waals surface area (Å²) in [6.45, 7) is 2.53. The molecule has 7 nitrogen and oxygen atoms in total. The molecule has 0 radical (unpaired) electrons. The molecule has 8 heteroatoms. The van der Waals surface area contributed by atoms with Gasteiger partial charge in [-0.1, -0.05) is 24.3 Å². The van der Waals surface area contributed by atoms with Crippen molar-refractivity contribution in [3.63, 3.8) is 0 Å². The number of barbiturate groups is 1. The first-order valence-corrected chi connectivity index (χ1v) is 10.6. The predicted octanol–water partition coefficient (Wildman–Crippen LogP) is 4.47. The molecule has 172 valence electrons. The highest BCUT2D eigenvalue weighted by Crippen LogP contribution is 2.25.